The van der Waals surface area contributed by atoms with Crippen LogP contribution in [0.5, 0.6) is 0 Å². The first-order chi connectivity index (χ1) is 10.7. The van der Waals surface area contributed by atoms with Crippen molar-refractivity contribution in [3.05, 3.63) is 0 Å². The number of alkyl halides is 4. The molecule has 2 fully saturated rings. The number of ether oxygens (including phenoxy) is 2. The van der Waals surface area contributed by atoms with Crippen molar-refractivity contribution in [2.75, 3.05) is 26.5 Å². The molecule has 24 heavy (non-hydrogen) atoms. The van der Waals surface area contributed by atoms with Gasteiger partial charge in [-0.05, 0) is 41.0 Å². The zero-order valence-corrected chi connectivity index (χ0v) is 14.9. The largest absolute Gasteiger partial charge is 0.411 e. The molecule has 0 aromatic heterocycles. The van der Waals surface area contributed by atoms with E-state index >= 15 is 0 Å². The van der Waals surface area contributed by atoms with Gasteiger partial charge in [0.05, 0.1) is 31.5 Å². The minimum Gasteiger partial charge on any atom is -0.377 e. The van der Waals surface area contributed by atoms with Crippen LogP contribution in [0.3, 0.4) is 0 Å². The number of nitrogens with one attached hydrogen (secondary N) is 2. The molecule has 0 aliphatic carbocycles. The molecule has 0 aromatic carbocycles. The fourth-order valence-corrected chi connectivity index (χ4v) is 3.45. The van der Waals surface area contributed by atoms with Gasteiger partial charge in [0.1, 0.15) is 6.67 Å². The van der Waals surface area contributed by atoms with Crippen LogP contribution in [0.2, 0.25) is 0 Å². The number of halogens is 4. The number of rotatable bonds is 6. The molecule has 0 bridgehead atoms. The first-order valence-electron chi connectivity index (χ1n) is 8.15. The van der Waals surface area contributed by atoms with Crippen molar-refractivity contribution in [3.8, 4) is 0 Å². The van der Waals surface area contributed by atoms with Gasteiger partial charge in [-0.15, -0.1) is 0 Å². The Morgan fingerprint density at radius 3 is 1.88 bits per heavy atom. The molecule has 142 valence electrons. The Bertz CT molecular complexity index is 454. The van der Waals surface area contributed by atoms with E-state index in [2.05, 4.69) is 10.6 Å². The van der Waals surface area contributed by atoms with Crippen molar-refractivity contribution in [1.82, 2.24) is 10.6 Å². The van der Waals surface area contributed by atoms with Crippen LogP contribution >= 0.6 is 0 Å². The SMILES string of the molecule is CC(C)(C)NC1(CF)COC1CC(C)(C)NC1(C(F)(F)F)COC1. The van der Waals surface area contributed by atoms with Crippen LogP contribution < -0.4 is 10.6 Å². The highest BCUT2D eigenvalue weighted by atomic mass is 19.4. The summed E-state index contributed by atoms with van der Waals surface area (Å²) < 4.78 is 63.9. The van der Waals surface area contributed by atoms with Crippen molar-refractivity contribution in [3.63, 3.8) is 0 Å². The average molecular weight is 356 g/mol. The van der Waals surface area contributed by atoms with Gasteiger partial charge in [-0.3, -0.25) is 5.32 Å². The van der Waals surface area contributed by atoms with Crippen LogP contribution in [0.15, 0.2) is 0 Å². The van der Waals surface area contributed by atoms with Gasteiger partial charge in [0.25, 0.3) is 0 Å². The highest BCUT2D eigenvalue weighted by molar-refractivity contribution is 5.10. The summed E-state index contributed by atoms with van der Waals surface area (Å²) in [4.78, 5) is 0. The molecule has 2 N–H and O–H groups in total. The van der Waals surface area contributed by atoms with E-state index < -0.39 is 48.8 Å². The Kier molecular flexibility index (Phi) is 5.03. The summed E-state index contributed by atoms with van der Waals surface area (Å²) >= 11 is 0. The van der Waals surface area contributed by atoms with Crippen LogP contribution in [0.25, 0.3) is 0 Å². The molecule has 4 nitrogen and oxygen atoms in total. The number of hydrogen-bond acceptors (Lipinski definition) is 4. The molecule has 0 aromatic rings. The van der Waals surface area contributed by atoms with Crippen molar-refractivity contribution in [2.24, 2.45) is 0 Å². The van der Waals surface area contributed by atoms with Crippen LogP contribution in [0.1, 0.15) is 41.0 Å². The fraction of sp³-hybridized carbons (Fsp3) is 1.00. The summed E-state index contributed by atoms with van der Waals surface area (Å²) in [6, 6.07) is 0. The van der Waals surface area contributed by atoms with E-state index in [1.54, 1.807) is 13.8 Å². The van der Waals surface area contributed by atoms with E-state index in [4.69, 9.17) is 9.47 Å². The molecule has 2 saturated heterocycles. The van der Waals surface area contributed by atoms with Crippen molar-refractivity contribution < 1.29 is 27.0 Å². The van der Waals surface area contributed by atoms with Crippen LogP contribution in [-0.2, 0) is 9.47 Å². The molecule has 2 aliphatic rings. The minimum atomic E-state index is -4.40. The smallest absolute Gasteiger partial charge is 0.377 e. The van der Waals surface area contributed by atoms with Gasteiger partial charge in [-0.2, -0.15) is 13.2 Å². The first kappa shape index (κ1) is 19.9. The topological polar surface area (TPSA) is 42.5 Å². The lowest BCUT2D eigenvalue weighted by Gasteiger charge is -2.54. The molecule has 8 heteroatoms. The van der Waals surface area contributed by atoms with Gasteiger partial charge < -0.3 is 14.8 Å². The third-order valence-electron chi connectivity index (χ3n) is 4.53. The maximum Gasteiger partial charge on any atom is 0.411 e. The molecule has 0 saturated carbocycles. The Labute approximate surface area is 140 Å². The van der Waals surface area contributed by atoms with Gasteiger partial charge in [0.15, 0.2) is 5.54 Å². The van der Waals surface area contributed by atoms with E-state index in [9.17, 15) is 17.6 Å². The Morgan fingerprint density at radius 1 is 1.00 bits per heavy atom. The molecule has 2 heterocycles. The Morgan fingerprint density at radius 2 is 1.58 bits per heavy atom. The average Bonchev–Trinajstić information content (AvgIpc) is 2.34. The fourth-order valence-electron chi connectivity index (χ4n) is 3.45. The van der Waals surface area contributed by atoms with Crippen molar-refractivity contribution in [2.45, 2.75) is 75.5 Å². The molecule has 0 spiro atoms. The van der Waals surface area contributed by atoms with Crippen LogP contribution in [0.4, 0.5) is 17.6 Å². The van der Waals surface area contributed by atoms with Gasteiger partial charge in [-0.25, -0.2) is 4.39 Å². The lowest BCUT2D eigenvalue weighted by molar-refractivity contribution is -0.275. The second-order valence-electron chi connectivity index (χ2n) is 8.75. The summed E-state index contributed by atoms with van der Waals surface area (Å²) in [6.07, 6.45) is -4.63. The third-order valence-corrected chi connectivity index (χ3v) is 4.53. The summed E-state index contributed by atoms with van der Waals surface area (Å²) in [6.45, 7) is 7.92. The van der Waals surface area contributed by atoms with Crippen molar-refractivity contribution in [1.29, 1.82) is 0 Å². The normalized spacial score (nSPS) is 30.6. The summed E-state index contributed by atoms with van der Waals surface area (Å²) in [5.41, 5.74) is -4.08. The van der Waals surface area contributed by atoms with Crippen molar-refractivity contribution >= 4 is 0 Å². The molecular formula is C16H28F4N2O2. The van der Waals surface area contributed by atoms with Gasteiger partial charge in [-0.1, -0.05) is 0 Å². The number of hydrogen-bond donors (Lipinski definition) is 2. The van der Waals surface area contributed by atoms with E-state index in [-0.39, 0.29) is 18.6 Å². The Balaban J connectivity index is 2.06. The molecule has 0 radical (unpaired) electrons. The predicted octanol–water partition coefficient (Wildman–Crippen LogP) is 2.57. The third kappa shape index (κ3) is 3.86. The zero-order chi connectivity index (χ0) is 18.4. The lowest BCUT2D eigenvalue weighted by atomic mass is 9.78. The lowest BCUT2D eigenvalue weighted by Crippen LogP contribution is -2.76. The monoisotopic (exact) mass is 356 g/mol. The molecule has 2 unspecified atom stereocenters. The predicted molar refractivity (Wildman–Crippen MR) is 82.8 cm³/mol. The van der Waals surface area contributed by atoms with E-state index in [0.717, 1.165) is 0 Å². The highest BCUT2D eigenvalue weighted by Crippen LogP contribution is 2.40. The molecule has 2 aliphatic heterocycles. The zero-order valence-electron chi connectivity index (χ0n) is 14.9. The summed E-state index contributed by atoms with van der Waals surface area (Å²) in [5, 5.41) is 5.93. The minimum absolute atomic E-state index is 0.217. The second-order valence-corrected chi connectivity index (χ2v) is 8.75. The van der Waals surface area contributed by atoms with E-state index in [1.807, 2.05) is 20.8 Å². The van der Waals surface area contributed by atoms with E-state index in [1.165, 1.54) is 0 Å². The van der Waals surface area contributed by atoms with Gasteiger partial charge >= 0.3 is 6.18 Å². The first-order valence-corrected chi connectivity index (χ1v) is 8.15. The maximum absolute atomic E-state index is 13.7. The van der Waals surface area contributed by atoms with Gasteiger partial charge in [0.2, 0.25) is 0 Å². The van der Waals surface area contributed by atoms with E-state index in [0.29, 0.717) is 0 Å². The Hall–Kier alpha value is -0.440. The molecule has 2 rings (SSSR count). The maximum atomic E-state index is 13.7. The quantitative estimate of drug-likeness (QED) is 0.718. The second kappa shape index (κ2) is 6.07. The molecular weight excluding hydrogens is 328 g/mol. The summed E-state index contributed by atoms with van der Waals surface area (Å²) in [5.74, 6) is 0. The molecule has 2 atom stereocenters. The van der Waals surface area contributed by atoms with Gasteiger partial charge in [0, 0.05) is 11.1 Å². The molecule has 0 amide bonds. The standard InChI is InChI=1S/C16H28F4N2O2/c1-12(2,3)21-14(7-17)8-24-11(14)6-13(4,5)22-15(9-23-10-15)16(18,19)20/h11,21-22H,6-10H2,1-5H3. The van der Waals surface area contributed by atoms with Crippen LogP contribution in [-0.4, -0.2) is 60.9 Å². The summed E-state index contributed by atoms with van der Waals surface area (Å²) in [7, 11) is 0. The highest BCUT2D eigenvalue weighted by Gasteiger charge is 2.62. The van der Waals surface area contributed by atoms with Crippen LogP contribution in [0, 0.1) is 0 Å².